The van der Waals surface area contributed by atoms with E-state index in [-0.39, 0.29) is 11.8 Å². The summed E-state index contributed by atoms with van der Waals surface area (Å²) in [5, 5.41) is 8.62. The number of benzene rings is 1. The van der Waals surface area contributed by atoms with Gasteiger partial charge >= 0.3 is 0 Å². The highest BCUT2D eigenvalue weighted by atomic mass is 16.5. The van der Waals surface area contributed by atoms with Gasteiger partial charge in [0.2, 0.25) is 0 Å². The summed E-state index contributed by atoms with van der Waals surface area (Å²) in [5.74, 6) is -0.705. The monoisotopic (exact) mass is 245 g/mol. The molecule has 0 saturated heterocycles. The standard InChI is InChI=1S/C15H19NO2/c1-11(15(17)16-18)12-7-9-14(10-8-12)13-5-3-2-4-6-13/h5,7-11,18H,2-4,6H2,1H3,(H,16,17). The molecule has 2 N–H and O–H groups in total. The zero-order chi connectivity index (χ0) is 13.0. The molecule has 1 aromatic rings. The number of nitrogens with one attached hydrogen (secondary N) is 1. The van der Waals surface area contributed by atoms with Crippen molar-refractivity contribution in [1.82, 2.24) is 5.48 Å². The largest absolute Gasteiger partial charge is 0.289 e. The summed E-state index contributed by atoms with van der Waals surface area (Å²) < 4.78 is 0. The van der Waals surface area contributed by atoms with Crippen LogP contribution in [-0.4, -0.2) is 11.1 Å². The fourth-order valence-corrected chi connectivity index (χ4v) is 2.33. The molecule has 0 aliphatic heterocycles. The van der Waals surface area contributed by atoms with Crippen molar-refractivity contribution in [3.05, 3.63) is 41.5 Å². The minimum Gasteiger partial charge on any atom is -0.289 e. The second-order valence-corrected chi connectivity index (χ2v) is 4.79. The smallest absolute Gasteiger partial charge is 0.250 e. The topological polar surface area (TPSA) is 49.3 Å². The van der Waals surface area contributed by atoms with Crippen molar-refractivity contribution in [3.63, 3.8) is 0 Å². The minimum atomic E-state index is -0.375. The maximum absolute atomic E-state index is 11.3. The van der Waals surface area contributed by atoms with Crippen molar-refractivity contribution < 1.29 is 10.0 Å². The lowest BCUT2D eigenvalue weighted by Gasteiger charge is -2.14. The van der Waals surface area contributed by atoms with E-state index in [2.05, 4.69) is 18.2 Å². The summed E-state index contributed by atoms with van der Waals surface area (Å²) in [6, 6.07) is 8.05. The quantitative estimate of drug-likeness (QED) is 0.634. The lowest BCUT2D eigenvalue weighted by atomic mass is 9.91. The van der Waals surface area contributed by atoms with Crippen molar-refractivity contribution >= 4 is 11.5 Å². The first-order valence-electron chi connectivity index (χ1n) is 6.45. The van der Waals surface area contributed by atoms with E-state index in [1.165, 1.54) is 30.4 Å². The van der Waals surface area contributed by atoms with Crippen molar-refractivity contribution in [2.45, 2.75) is 38.5 Å². The first-order chi connectivity index (χ1) is 8.72. The molecule has 2 rings (SSSR count). The van der Waals surface area contributed by atoms with Gasteiger partial charge in [-0.15, -0.1) is 0 Å². The van der Waals surface area contributed by atoms with Crippen LogP contribution in [0.5, 0.6) is 0 Å². The molecule has 18 heavy (non-hydrogen) atoms. The zero-order valence-corrected chi connectivity index (χ0v) is 10.6. The normalized spacial score (nSPS) is 16.9. The number of carbonyl (C=O) groups is 1. The van der Waals surface area contributed by atoms with E-state index in [1.54, 1.807) is 12.4 Å². The fourth-order valence-electron chi connectivity index (χ4n) is 2.33. The van der Waals surface area contributed by atoms with Crippen LogP contribution in [0, 0.1) is 0 Å². The van der Waals surface area contributed by atoms with Gasteiger partial charge in [0.25, 0.3) is 5.91 Å². The second-order valence-electron chi connectivity index (χ2n) is 4.79. The van der Waals surface area contributed by atoms with Gasteiger partial charge in [-0.3, -0.25) is 10.0 Å². The summed E-state index contributed by atoms with van der Waals surface area (Å²) in [5.41, 5.74) is 5.26. The van der Waals surface area contributed by atoms with Crippen LogP contribution in [0.25, 0.3) is 5.57 Å². The van der Waals surface area contributed by atoms with Gasteiger partial charge in [0.1, 0.15) is 0 Å². The molecule has 0 radical (unpaired) electrons. The Morgan fingerprint density at radius 3 is 2.56 bits per heavy atom. The predicted molar refractivity (Wildman–Crippen MR) is 71.2 cm³/mol. The Kier molecular flexibility index (Phi) is 4.15. The molecule has 0 saturated carbocycles. The lowest BCUT2D eigenvalue weighted by molar-refractivity contribution is -0.130. The van der Waals surface area contributed by atoms with Crippen LogP contribution in [0.1, 0.15) is 49.7 Å². The molecule has 0 aromatic heterocycles. The van der Waals surface area contributed by atoms with Gasteiger partial charge < -0.3 is 0 Å². The van der Waals surface area contributed by atoms with Crippen LogP contribution >= 0.6 is 0 Å². The molecule has 1 aliphatic rings. The number of hydrogen-bond donors (Lipinski definition) is 2. The number of carbonyl (C=O) groups excluding carboxylic acids is 1. The Balaban J connectivity index is 2.14. The van der Waals surface area contributed by atoms with Crippen LogP contribution in [0.4, 0.5) is 0 Å². The first-order valence-corrected chi connectivity index (χ1v) is 6.45. The molecule has 1 unspecified atom stereocenters. The third-order valence-electron chi connectivity index (χ3n) is 3.58. The van der Waals surface area contributed by atoms with E-state index < -0.39 is 0 Å². The first kappa shape index (κ1) is 12.8. The van der Waals surface area contributed by atoms with Gasteiger partial charge in [-0.05, 0) is 49.3 Å². The molecule has 0 bridgehead atoms. The maximum Gasteiger partial charge on any atom is 0.250 e. The average Bonchev–Trinajstić information content (AvgIpc) is 2.47. The van der Waals surface area contributed by atoms with E-state index in [0.717, 1.165) is 12.0 Å². The van der Waals surface area contributed by atoms with E-state index >= 15 is 0 Å². The van der Waals surface area contributed by atoms with Gasteiger partial charge in [-0.25, -0.2) is 5.48 Å². The molecule has 96 valence electrons. The molecular weight excluding hydrogens is 226 g/mol. The highest BCUT2D eigenvalue weighted by Crippen LogP contribution is 2.27. The van der Waals surface area contributed by atoms with Crippen LogP contribution in [0.15, 0.2) is 30.3 Å². The average molecular weight is 245 g/mol. The zero-order valence-electron chi connectivity index (χ0n) is 10.6. The molecule has 3 heteroatoms. The summed E-state index contributed by atoms with van der Waals surface area (Å²) in [6.07, 6.45) is 7.17. The minimum absolute atomic E-state index is 0.329. The Hall–Kier alpha value is -1.61. The Labute approximate surface area is 107 Å². The SMILES string of the molecule is CC(C(=O)NO)c1ccc(C2=CCCCC2)cc1. The van der Waals surface area contributed by atoms with Crippen LogP contribution in [0.3, 0.4) is 0 Å². The van der Waals surface area contributed by atoms with Crippen molar-refractivity contribution in [1.29, 1.82) is 0 Å². The predicted octanol–water partition coefficient (Wildman–Crippen LogP) is 3.25. The molecule has 1 amide bonds. The Bertz CT molecular complexity index is 448. The van der Waals surface area contributed by atoms with Crippen LogP contribution in [-0.2, 0) is 4.79 Å². The van der Waals surface area contributed by atoms with Gasteiger partial charge in [0.05, 0.1) is 5.92 Å². The molecule has 0 spiro atoms. The third-order valence-corrected chi connectivity index (χ3v) is 3.58. The number of hydroxylamine groups is 1. The number of allylic oxidation sites excluding steroid dienone is 2. The van der Waals surface area contributed by atoms with Crippen molar-refractivity contribution in [2.24, 2.45) is 0 Å². The van der Waals surface area contributed by atoms with Crippen molar-refractivity contribution in [3.8, 4) is 0 Å². The molecule has 0 heterocycles. The van der Waals surface area contributed by atoms with Crippen molar-refractivity contribution in [2.75, 3.05) is 0 Å². The van der Waals surface area contributed by atoms with E-state index in [9.17, 15) is 4.79 Å². The second kappa shape index (κ2) is 5.83. The summed E-state index contributed by atoms with van der Waals surface area (Å²) in [4.78, 5) is 11.3. The number of rotatable bonds is 3. The van der Waals surface area contributed by atoms with Gasteiger partial charge in [0.15, 0.2) is 0 Å². The molecule has 1 atom stereocenters. The summed E-state index contributed by atoms with van der Waals surface area (Å²) >= 11 is 0. The van der Waals surface area contributed by atoms with Gasteiger partial charge in [-0.2, -0.15) is 0 Å². The lowest BCUT2D eigenvalue weighted by Crippen LogP contribution is -2.24. The van der Waals surface area contributed by atoms with Crippen LogP contribution < -0.4 is 5.48 Å². The highest BCUT2D eigenvalue weighted by molar-refractivity contribution is 5.82. The van der Waals surface area contributed by atoms with Crippen LogP contribution in [0.2, 0.25) is 0 Å². The Morgan fingerprint density at radius 2 is 2.00 bits per heavy atom. The summed E-state index contributed by atoms with van der Waals surface area (Å²) in [6.45, 7) is 1.78. The number of amides is 1. The van der Waals surface area contributed by atoms with E-state index in [4.69, 9.17) is 5.21 Å². The summed E-state index contributed by atoms with van der Waals surface area (Å²) in [7, 11) is 0. The Morgan fingerprint density at radius 1 is 1.28 bits per heavy atom. The fraction of sp³-hybridized carbons (Fsp3) is 0.400. The number of hydrogen-bond acceptors (Lipinski definition) is 2. The molecule has 3 nitrogen and oxygen atoms in total. The highest BCUT2D eigenvalue weighted by Gasteiger charge is 2.14. The third kappa shape index (κ3) is 2.79. The molecule has 1 aliphatic carbocycles. The maximum atomic E-state index is 11.3. The van der Waals surface area contributed by atoms with Gasteiger partial charge in [0, 0.05) is 0 Å². The molecule has 1 aromatic carbocycles. The molecular formula is C15H19NO2. The van der Waals surface area contributed by atoms with E-state index in [1.807, 2.05) is 12.1 Å². The molecule has 0 fully saturated rings. The van der Waals surface area contributed by atoms with E-state index in [0.29, 0.717) is 0 Å². The van der Waals surface area contributed by atoms with Gasteiger partial charge in [-0.1, -0.05) is 30.3 Å².